The fourth-order valence-corrected chi connectivity index (χ4v) is 3.45. The van der Waals surface area contributed by atoms with Crippen LogP contribution >= 0.6 is 11.6 Å². The molecule has 1 aliphatic heterocycles. The van der Waals surface area contributed by atoms with Crippen molar-refractivity contribution in [3.05, 3.63) is 59.1 Å². The second-order valence-corrected chi connectivity index (χ2v) is 7.62. The van der Waals surface area contributed by atoms with E-state index in [2.05, 4.69) is 5.32 Å². The van der Waals surface area contributed by atoms with E-state index in [1.807, 2.05) is 4.90 Å². The van der Waals surface area contributed by atoms with Gasteiger partial charge in [0.2, 0.25) is 11.8 Å². The number of amides is 2. The van der Waals surface area contributed by atoms with Gasteiger partial charge < -0.3 is 15.0 Å². The number of nitrogens with zero attached hydrogens (tertiary/aromatic N) is 2. The first-order chi connectivity index (χ1) is 14.9. The van der Waals surface area contributed by atoms with E-state index in [-0.39, 0.29) is 37.1 Å². The van der Waals surface area contributed by atoms with E-state index in [1.54, 1.807) is 29.2 Å². The summed E-state index contributed by atoms with van der Waals surface area (Å²) < 4.78 is 31.7. The number of carbonyl (C=O) groups excluding carboxylic acids is 2. The molecule has 0 saturated carbocycles. The van der Waals surface area contributed by atoms with Gasteiger partial charge in [-0.15, -0.1) is 0 Å². The highest BCUT2D eigenvalue weighted by molar-refractivity contribution is 6.33. The molecule has 0 aliphatic carbocycles. The molecule has 2 amide bonds. The lowest BCUT2D eigenvalue weighted by Gasteiger charge is -2.34. The molecule has 0 aromatic heterocycles. The van der Waals surface area contributed by atoms with Crippen LogP contribution < -0.4 is 10.1 Å². The largest absolute Gasteiger partial charge is 0.491 e. The Kier molecular flexibility index (Phi) is 8.20. The zero-order valence-electron chi connectivity index (χ0n) is 17.0. The van der Waals surface area contributed by atoms with Crippen molar-refractivity contribution in [3.8, 4) is 5.75 Å². The summed E-state index contributed by atoms with van der Waals surface area (Å²) in [5.74, 6) is -1.62. The van der Waals surface area contributed by atoms with Crippen molar-refractivity contribution in [2.75, 3.05) is 44.6 Å². The summed E-state index contributed by atoms with van der Waals surface area (Å²) in [6, 6.07) is 10.2. The minimum Gasteiger partial charge on any atom is -0.491 e. The lowest BCUT2D eigenvalue weighted by Crippen LogP contribution is -2.50. The molecule has 0 unspecified atom stereocenters. The second-order valence-electron chi connectivity index (χ2n) is 7.21. The summed E-state index contributed by atoms with van der Waals surface area (Å²) >= 11 is 6.05. The summed E-state index contributed by atoms with van der Waals surface area (Å²) in [7, 11) is 0. The van der Waals surface area contributed by atoms with Crippen LogP contribution in [-0.4, -0.2) is 60.9 Å². The highest BCUT2D eigenvalue weighted by Gasteiger charge is 2.22. The van der Waals surface area contributed by atoms with E-state index in [9.17, 15) is 18.4 Å². The standard InChI is InChI=1S/C22H24ClF2N3O3/c23-17-4-1-2-5-19(17)26-21(29)15-27-9-11-28(12-10-27)22(30)6-3-13-31-20-8-7-16(24)14-18(20)25/h1-2,4-5,7-8,14H,3,6,9-13,15H2,(H,26,29). The van der Waals surface area contributed by atoms with Crippen molar-refractivity contribution in [1.29, 1.82) is 0 Å². The molecule has 3 rings (SSSR count). The zero-order chi connectivity index (χ0) is 22.2. The molecule has 0 spiro atoms. The van der Waals surface area contributed by atoms with Crippen molar-refractivity contribution >= 4 is 29.1 Å². The summed E-state index contributed by atoms with van der Waals surface area (Å²) in [5.41, 5.74) is 0.575. The van der Waals surface area contributed by atoms with Gasteiger partial charge in [0.1, 0.15) is 5.82 Å². The molecule has 0 bridgehead atoms. The Morgan fingerprint density at radius 2 is 1.81 bits per heavy atom. The molecule has 31 heavy (non-hydrogen) atoms. The van der Waals surface area contributed by atoms with Crippen LogP contribution in [0.5, 0.6) is 5.75 Å². The van der Waals surface area contributed by atoms with Crippen LogP contribution in [0.25, 0.3) is 0 Å². The molecule has 0 atom stereocenters. The number of benzene rings is 2. The van der Waals surface area contributed by atoms with Crippen molar-refractivity contribution in [3.63, 3.8) is 0 Å². The lowest BCUT2D eigenvalue weighted by atomic mass is 10.2. The molecular weight excluding hydrogens is 428 g/mol. The Labute approximate surface area is 184 Å². The minimum absolute atomic E-state index is 0.0108. The van der Waals surface area contributed by atoms with Gasteiger partial charge in [0, 0.05) is 38.7 Å². The van der Waals surface area contributed by atoms with E-state index < -0.39 is 11.6 Å². The van der Waals surface area contributed by atoms with Gasteiger partial charge >= 0.3 is 0 Å². The number of carbonyl (C=O) groups is 2. The van der Waals surface area contributed by atoms with Crippen molar-refractivity contribution < 1.29 is 23.1 Å². The quantitative estimate of drug-likeness (QED) is 0.623. The number of ether oxygens (including phenoxy) is 1. The molecule has 1 N–H and O–H groups in total. The number of hydrogen-bond donors (Lipinski definition) is 1. The maximum atomic E-state index is 13.5. The highest BCUT2D eigenvalue weighted by atomic mass is 35.5. The van der Waals surface area contributed by atoms with Crippen molar-refractivity contribution in [2.24, 2.45) is 0 Å². The number of anilines is 1. The number of nitrogens with one attached hydrogen (secondary N) is 1. The van der Waals surface area contributed by atoms with Gasteiger partial charge in [0.05, 0.1) is 23.9 Å². The van der Waals surface area contributed by atoms with Gasteiger partial charge in [0.25, 0.3) is 0 Å². The second kappa shape index (κ2) is 11.1. The van der Waals surface area contributed by atoms with Gasteiger partial charge in [-0.1, -0.05) is 23.7 Å². The van der Waals surface area contributed by atoms with Gasteiger partial charge in [-0.3, -0.25) is 14.5 Å². The molecule has 166 valence electrons. The summed E-state index contributed by atoms with van der Waals surface area (Å²) in [4.78, 5) is 28.3. The predicted octanol–water partition coefficient (Wildman–Crippen LogP) is 3.56. The average molecular weight is 452 g/mol. The number of piperazine rings is 1. The molecule has 1 saturated heterocycles. The molecule has 0 radical (unpaired) electrons. The molecule has 2 aromatic carbocycles. The van der Waals surface area contributed by atoms with E-state index in [1.165, 1.54) is 6.07 Å². The summed E-state index contributed by atoms with van der Waals surface area (Å²) in [6.45, 7) is 2.65. The predicted molar refractivity (Wildman–Crippen MR) is 114 cm³/mol. The minimum atomic E-state index is -0.763. The average Bonchev–Trinajstić information content (AvgIpc) is 2.74. The Bertz CT molecular complexity index is 921. The smallest absolute Gasteiger partial charge is 0.238 e. The monoisotopic (exact) mass is 451 g/mol. The number of halogens is 3. The fourth-order valence-electron chi connectivity index (χ4n) is 3.27. The number of para-hydroxylation sites is 1. The van der Waals surface area contributed by atoms with Gasteiger partial charge in [-0.25, -0.2) is 8.78 Å². The van der Waals surface area contributed by atoms with Crippen molar-refractivity contribution in [1.82, 2.24) is 9.80 Å². The first-order valence-electron chi connectivity index (χ1n) is 10.0. The van der Waals surface area contributed by atoms with Crippen LogP contribution in [0.3, 0.4) is 0 Å². The number of rotatable bonds is 8. The van der Waals surface area contributed by atoms with Gasteiger partial charge in [-0.05, 0) is 30.7 Å². The third-order valence-electron chi connectivity index (χ3n) is 4.93. The Morgan fingerprint density at radius 3 is 2.52 bits per heavy atom. The van der Waals surface area contributed by atoms with Crippen LogP contribution in [0.1, 0.15) is 12.8 Å². The Hall–Kier alpha value is -2.71. The number of hydrogen-bond acceptors (Lipinski definition) is 4. The highest BCUT2D eigenvalue weighted by Crippen LogP contribution is 2.20. The molecule has 1 fully saturated rings. The molecular formula is C22H24ClF2N3O3. The van der Waals surface area contributed by atoms with E-state index in [0.717, 1.165) is 12.1 Å². The maximum Gasteiger partial charge on any atom is 0.238 e. The van der Waals surface area contributed by atoms with E-state index in [0.29, 0.717) is 43.3 Å². The van der Waals surface area contributed by atoms with Crippen LogP contribution in [0.2, 0.25) is 5.02 Å². The summed E-state index contributed by atoms with van der Waals surface area (Å²) in [5, 5.41) is 3.28. The van der Waals surface area contributed by atoms with Crippen LogP contribution in [0.15, 0.2) is 42.5 Å². The molecule has 9 heteroatoms. The Balaban J connectivity index is 1.34. The van der Waals surface area contributed by atoms with Gasteiger partial charge in [-0.2, -0.15) is 0 Å². The van der Waals surface area contributed by atoms with Crippen molar-refractivity contribution in [2.45, 2.75) is 12.8 Å². The molecule has 1 heterocycles. The van der Waals surface area contributed by atoms with Gasteiger partial charge in [0.15, 0.2) is 11.6 Å². The first kappa shape index (κ1) is 23.0. The lowest BCUT2D eigenvalue weighted by molar-refractivity contribution is -0.133. The zero-order valence-corrected chi connectivity index (χ0v) is 17.7. The third-order valence-corrected chi connectivity index (χ3v) is 5.26. The Morgan fingerprint density at radius 1 is 1.06 bits per heavy atom. The van der Waals surface area contributed by atoms with E-state index in [4.69, 9.17) is 16.3 Å². The third kappa shape index (κ3) is 6.90. The van der Waals surface area contributed by atoms with Crippen LogP contribution in [-0.2, 0) is 9.59 Å². The van der Waals surface area contributed by atoms with E-state index >= 15 is 0 Å². The first-order valence-corrected chi connectivity index (χ1v) is 10.4. The maximum absolute atomic E-state index is 13.5. The van der Waals surface area contributed by atoms with Crippen LogP contribution in [0.4, 0.5) is 14.5 Å². The SMILES string of the molecule is O=C(CN1CCN(C(=O)CCCOc2ccc(F)cc2F)CC1)Nc1ccccc1Cl. The molecule has 6 nitrogen and oxygen atoms in total. The van der Waals surface area contributed by atoms with Crippen LogP contribution in [0, 0.1) is 11.6 Å². The fraction of sp³-hybridized carbons (Fsp3) is 0.364. The summed E-state index contributed by atoms with van der Waals surface area (Å²) in [6.07, 6.45) is 0.700. The molecule has 1 aliphatic rings. The molecule has 2 aromatic rings. The topological polar surface area (TPSA) is 61.9 Å². The normalized spacial score (nSPS) is 14.4.